The molecule has 5 nitrogen and oxygen atoms in total. The maximum atomic E-state index is 12.3. The fraction of sp³-hybridized carbons (Fsp3) is 0.438. The number of halogens is 1. The monoisotopic (exact) mass is 350 g/mol. The van der Waals surface area contributed by atoms with E-state index in [-0.39, 0.29) is 11.8 Å². The van der Waals surface area contributed by atoms with Crippen LogP contribution in [0.3, 0.4) is 0 Å². The number of nitrogens with one attached hydrogen (secondary N) is 1. The lowest BCUT2D eigenvalue weighted by molar-refractivity contribution is -0.125. The molecule has 1 saturated heterocycles. The van der Waals surface area contributed by atoms with Gasteiger partial charge in [0.25, 0.3) is 0 Å². The average Bonchev–Trinajstić information content (AvgIpc) is 3.01. The number of hydrogen-bond acceptors (Lipinski definition) is 5. The Morgan fingerprint density at radius 2 is 2.17 bits per heavy atom. The maximum absolute atomic E-state index is 12.3. The Morgan fingerprint density at radius 3 is 2.83 bits per heavy atom. The molecule has 122 valence electrons. The Kier molecular flexibility index (Phi) is 5.46. The second-order valence-electron chi connectivity index (χ2n) is 5.57. The fourth-order valence-corrected chi connectivity index (χ4v) is 3.85. The molecule has 23 heavy (non-hydrogen) atoms. The lowest BCUT2D eigenvalue weighted by Gasteiger charge is -2.31. The fourth-order valence-electron chi connectivity index (χ4n) is 2.76. The Morgan fingerprint density at radius 1 is 1.35 bits per heavy atom. The molecule has 0 radical (unpaired) electrons. The van der Waals surface area contributed by atoms with Crippen LogP contribution in [0.1, 0.15) is 17.7 Å². The summed E-state index contributed by atoms with van der Waals surface area (Å²) in [7, 11) is 0. The molecule has 3 heterocycles. The topological polar surface area (TPSA) is 58.1 Å². The lowest BCUT2D eigenvalue weighted by Crippen LogP contribution is -2.41. The van der Waals surface area contributed by atoms with Crippen LogP contribution >= 0.6 is 22.9 Å². The SMILES string of the molecule is O=C(NCCc1ccc(Cl)s1)C1CCN(c2cnccn2)CC1. The van der Waals surface area contributed by atoms with Gasteiger partial charge in [-0.25, -0.2) is 4.98 Å². The largest absolute Gasteiger partial charge is 0.355 e. The molecule has 0 unspecified atom stereocenters. The number of piperidine rings is 1. The number of carbonyl (C=O) groups is 1. The first-order chi connectivity index (χ1) is 11.2. The summed E-state index contributed by atoms with van der Waals surface area (Å²) in [6.45, 7) is 2.36. The highest BCUT2D eigenvalue weighted by Crippen LogP contribution is 2.22. The van der Waals surface area contributed by atoms with Gasteiger partial charge in [0.2, 0.25) is 5.91 Å². The van der Waals surface area contributed by atoms with E-state index in [9.17, 15) is 4.79 Å². The summed E-state index contributed by atoms with van der Waals surface area (Å²) < 4.78 is 0.794. The van der Waals surface area contributed by atoms with E-state index >= 15 is 0 Å². The molecule has 0 spiro atoms. The molecule has 0 saturated carbocycles. The second kappa shape index (κ2) is 7.75. The van der Waals surface area contributed by atoms with Crippen molar-refractivity contribution in [3.05, 3.63) is 39.9 Å². The average molecular weight is 351 g/mol. The summed E-state index contributed by atoms with van der Waals surface area (Å²) in [5, 5.41) is 3.04. The molecule has 1 fully saturated rings. The van der Waals surface area contributed by atoms with Crippen LogP contribution in [0, 0.1) is 5.92 Å². The Labute approximate surface area is 144 Å². The van der Waals surface area contributed by atoms with E-state index in [4.69, 9.17) is 11.6 Å². The second-order valence-corrected chi connectivity index (χ2v) is 7.37. The van der Waals surface area contributed by atoms with Crippen molar-refractivity contribution in [3.8, 4) is 0 Å². The Balaban J connectivity index is 1.41. The van der Waals surface area contributed by atoms with Gasteiger partial charge in [-0.2, -0.15) is 0 Å². The normalized spacial score (nSPS) is 15.6. The molecule has 1 aliphatic rings. The first-order valence-corrected chi connectivity index (χ1v) is 8.95. The van der Waals surface area contributed by atoms with E-state index in [2.05, 4.69) is 20.2 Å². The molecule has 0 aliphatic carbocycles. The predicted octanol–water partition coefficient (Wildman–Crippen LogP) is 2.77. The number of aromatic nitrogens is 2. The van der Waals surface area contributed by atoms with Crippen molar-refractivity contribution in [2.45, 2.75) is 19.3 Å². The van der Waals surface area contributed by atoms with Crippen molar-refractivity contribution in [1.82, 2.24) is 15.3 Å². The maximum Gasteiger partial charge on any atom is 0.223 e. The van der Waals surface area contributed by atoms with Crippen LogP contribution in [0.2, 0.25) is 4.34 Å². The summed E-state index contributed by atoms with van der Waals surface area (Å²) in [6.07, 6.45) is 7.68. The first kappa shape index (κ1) is 16.2. The Hall–Kier alpha value is -1.66. The zero-order chi connectivity index (χ0) is 16.1. The minimum atomic E-state index is 0.0924. The third-order valence-corrected chi connectivity index (χ3v) is 5.33. The molecule has 0 bridgehead atoms. The number of rotatable bonds is 5. The zero-order valence-corrected chi connectivity index (χ0v) is 14.3. The van der Waals surface area contributed by atoms with Crippen LogP contribution in [0.25, 0.3) is 0 Å². The third kappa shape index (κ3) is 4.42. The van der Waals surface area contributed by atoms with E-state index in [1.54, 1.807) is 29.9 Å². The molecule has 7 heteroatoms. The molecule has 0 aromatic carbocycles. The lowest BCUT2D eigenvalue weighted by atomic mass is 9.96. The van der Waals surface area contributed by atoms with Gasteiger partial charge in [0.05, 0.1) is 10.5 Å². The van der Waals surface area contributed by atoms with Gasteiger partial charge in [-0.1, -0.05) is 11.6 Å². The van der Waals surface area contributed by atoms with Crippen LogP contribution < -0.4 is 10.2 Å². The molecule has 2 aromatic heterocycles. The highest BCUT2D eigenvalue weighted by atomic mass is 35.5. The molecule has 3 rings (SSSR count). The van der Waals surface area contributed by atoms with Gasteiger partial charge in [0, 0.05) is 42.8 Å². The van der Waals surface area contributed by atoms with E-state index in [1.165, 1.54) is 4.88 Å². The third-order valence-electron chi connectivity index (χ3n) is 4.04. The number of hydrogen-bond donors (Lipinski definition) is 1. The summed E-state index contributed by atoms with van der Waals surface area (Å²) in [5.74, 6) is 1.14. The number of thiophene rings is 1. The van der Waals surface area contributed by atoms with E-state index < -0.39 is 0 Å². The Bertz CT molecular complexity index is 641. The standard InChI is InChI=1S/C16H19ClN4OS/c17-14-2-1-13(23-14)3-6-20-16(22)12-4-9-21(10-5-12)15-11-18-7-8-19-15/h1-2,7-8,11-12H,3-6,9-10H2,(H,20,22). The summed E-state index contributed by atoms with van der Waals surface area (Å²) in [5.41, 5.74) is 0. The van der Waals surface area contributed by atoms with Crippen LogP contribution in [0.4, 0.5) is 5.82 Å². The molecule has 1 aliphatic heterocycles. The van der Waals surface area contributed by atoms with Gasteiger partial charge in [-0.05, 0) is 31.4 Å². The van der Waals surface area contributed by atoms with Crippen molar-refractivity contribution in [2.24, 2.45) is 5.92 Å². The quantitative estimate of drug-likeness (QED) is 0.900. The number of carbonyl (C=O) groups excluding carboxylic acids is 1. The van der Waals surface area contributed by atoms with Crippen LogP contribution in [-0.2, 0) is 11.2 Å². The molecular formula is C16H19ClN4OS. The van der Waals surface area contributed by atoms with Gasteiger partial charge in [0.15, 0.2) is 0 Å². The molecular weight excluding hydrogens is 332 g/mol. The summed E-state index contributed by atoms with van der Waals surface area (Å²) >= 11 is 7.47. The summed E-state index contributed by atoms with van der Waals surface area (Å²) in [6, 6.07) is 3.91. The van der Waals surface area contributed by atoms with Gasteiger partial charge in [-0.15, -0.1) is 11.3 Å². The van der Waals surface area contributed by atoms with Gasteiger partial charge in [-0.3, -0.25) is 9.78 Å². The number of nitrogens with zero attached hydrogens (tertiary/aromatic N) is 3. The van der Waals surface area contributed by atoms with Crippen molar-refractivity contribution in [1.29, 1.82) is 0 Å². The predicted molar refractivity (Wildman–Crippen MR) is 93.0 cm³/mol. The van der Waals surface area contributed by atoms with Crippen LogP contribution in [0.15, 0.2) is 30.7 Å². The summed E-state index contributed by atoms with van der Waals surface area (Å²) in [4.78, 5) is 24.0. The highest BCUT2D eigenvalue weighted by Gasteiger charge is 2.25. The highest BCUT2D eigenvalue weighted by molar-refractivity contribution is 7.16. The molecule has 1 amide bonds. The minimum absolute atomic E-state index is 0.0924. The van der Waals surface area contributed by atoms with Crippen LogP contribution in [-0.4, -0.2) is 35.5 Å². The number of amides is 1. The van der Waals surface area contributed by atoms with Crippen molar-refractivity contribution in [2.75, 3.05) is 24.5 Å². The first-order valence-electron chi connectivity index (χ1n) is 7.75. The van der Waals surface area contributed by atoms with Crippen molar-refractivity contribution < 1.29 is 4.79 Å². The molecule has 2 aromatic rings. The molecule has 1 N–H and O–H groups in total. The molecule has 0 atom stereocenters. The van der Waals surface area contributed by atoms with E-state index in [1.807, 2.05) is 12.1 Å². The van der Waals surface area contributed by atoms with Crippen LogP contribution in [0.5, 0.6) is 0 Å². The van der Waals surface area contributed by atoms with E-state index in [0.717, 1.165) is 42.5 Å². The van der Waals surface area contributed by atoms with E-state index in [0.29, 0.717) is 6.54 Å². The smallest absolute Gasteiger partial charge is 0.223 e. The van der Waals surface area contributed by atoms with Gasteiger partial charge >= 0.3 is 0 Å². The minimum Gasteiger partial charge on any atom is -0.355 e. The van der Waals surface area contributed by atoms with Crippen molar-refractivity contribution in [3.63, 3.8) is 0 Å². The van der Waals surface area contributed by atoms with Crippen molar-refractivity contribution >= 4 is 34.7 Å². The van der Waals surface area contributed by atoms with Gasteiger partial charge < -0.3 is 10.2 Å². The number of anilines is 1. The van der Waals surface area contributed by atoms with Gasteiger partial charge in [0.1, 0.15) is 5.82 Å². The zero-order valence-electron chi connectivity index (χ0n) is 12.7.